The van der Waals surface area contributed by atoms with Crippen molar-refractivity contribution in [2.75, 3.05) is 19.8 Å². The van der Waals surface area contributed by atoms with Gasteiger partial charge in [-0.25, -0.2) is 0 Å². The molecule has 0 unspecified atom stereocenters. The maximum Gasteiger partial charge on any atom is 0.173 e. The Labute approximate surface area is 115 Å². The van der Waals surface area contributed by atoms with E-state index in [1.807, 2.05) is 6.92 Å². The largest absolute Gasteiger partial charge is 0.490 e. The van der Waals surface area contributed by atoms with E-state index >= 15 is 0 Å². The lowest BCUT2D eigenvalue weighted by Crippen LogP contribution is -2.16. The Morgan fingerprint density at radius 3 is 2.83 bits per heavy atom. The standard InChI is InChI=1S/C12H17BrN2O3/c1-2-5-17-6-7-18-11-8-9(13)3-4-10(11)12(14)15-16/h3-4,8,16H,2,5-7H2,1H3,(H2,14,15). The number of hydrogen-bond acceptors (Lipinski definition) is 4. The Hall–Kier alpha value is -1.27. The molecule has 0 bridgehead atoms. The van der Waals surface area contributed by atoms with E-state index in [-0.39, 0.29) is 5.84 Å². The van der Waals surface area contributed by atoms with Crippen molar-refractivity contribution in [3.8, 4) is 5.75 Å². The number of nitrogens with two attached hydrogens (primary N) is 1. The third kappa shape index (κ3) is 4.54. The van der Waals surface area contributed by atoms with Gasteiger partial charge in [0.2, 0.25) is 0 Å². The van der Waals surface area contributed by atoms with Gasteiger partial charge >= 0.3 is 0 Å². The van der Waals surface area contributed by atoms with Crippen LogP contribution in [-0.4, -0.2) is 30.9 Å². The summed E-state index contributed by atoms with van der Waals surface area (Å²) in [6.45, 7) is 3.69. The topological polar surface area (TPSA) is 77.1 Å². The van der Waals surface area contributed by atoms with Crippen molar-refractivity contribution < 1.29 is 14.7 Å². The van der Waals surface area contributed by atoms with Gasteiger partial charge < -0.3 is 20.4 Å². The molecule has 0 radical (unpaired) electrons. The van der Waals surface area contributed by atoms with E-state index in [1.54, 1.807) is 18.2 Å². The van der Waals surface area contributed by atoms with E-state index < -0.39 is 0 Å². The Morgan fingerprint density at radius 2 is 2.17 bits per heavy atom. The average molecular weight is 317 g/mol. The van der Waals surface area contributed by atoms with Crippen molar-refractivity contribution >= 4 is 21.8 Å². The number of amidine groups is 1. The highest BCUT2D eigenvalue weighted by Crippen LogP contribution is 2.23. The zero-order valence-electron chi connectivity index (χ0n) is 10.2. The predicted octanol–water partition coefficient (Wildman–Crippen LogP) is 2.35. The molecule has 0 aliphatic heterocycles. The minimum absolute atomic E-state index is 0.0203. The molecule has 0 saturated carbocycles. The number of rotatable bonds is 7. The molecule has 100 valence electrons. The second-order valence-electron chi connectivity index (χ2n) is 3.59. The second kappa shape index (κ2) is 7.94. The average Bonchev–Trinajstić information content (AvgIpc) is 2.38. The van der Waals surface area contributed by atoms with Gasteiger partial charge in [-0.05, 0) is 24.6 Å². The molecule has 0 aliphatic carbocycles. The summed E-state index contributed by atoms with van der Waals surface area (Å²) in [4.78, 5) is 0. The summed E-state index contributed by atoms with van der Waals surface area (Å²) in [6.07, 6.45) is 0.978. The molecular weight excluding hydrogens is 300 g/mol. The van der Waals surface area contributed by atoms with Crippen LogP contribution in [0.1, 0.15) is 18.9 Å². The first kappa shape index (κ1) is 14.8. The van der Waals surface area contributed by atoms with Crippen LogP contribution in [0.25, 0.3) is 0 Å². The lowest BCUT2D eigenvalue weighted by atomic mass is 10.2. The molecule has 5 nitrogen and oxygen atoms in total. The summed E-state index contributed by atoms with van der Waals surface area (Å²) in [5.41, 5.74) is 6.12. The molecule has 1 rings (SSSR count). The SMILES string of the molecule is CCCOCCOc1cc(Br)ccc1/C(N)=N/O. The Balaban J connectivity index is 2.65. The summed E-state index contributed by atoms with van der Waals surface area (Å²) >= 11 is 3.35. The number of nitrogens with zero attached hydrogens (tertiary/aromatic N) is 1. The lowest BCUT2D eigenvalue weighted by Gasteiger charge is -2.11. The summed E-state index contributed by atoms with van der Waals surface area (Å²) < 4.78 is 11.7. The zero-order valence-corrected chi connectivity index (χ0v) is 11.8. The van der Waals surface area contributed by atoms with Crippen LogP contribution in [0.15, 0.2) is 27.8 Å². The molecule has 3 N–H and O–H groups in total. The number of ether oxygens (including phenoxy) is 2. The van der Waals surface area contributed by atoms with Crippen molar-refractivity contribution in [2.45, 2.75) is 13.3 Å². The van der Waals surface area contributed by atoms with E-state index in [9.17, 15) is 0 Å². The van der Waals surface area contributed by atoms with Gasteiger partial charge in [0.1, 0.15) is 12.4 Å². The van der Waals surface area contributed by atoms with Crippen molar-refractivity contribution in [1.82, 2.24) is 0 Å². The van der Waals surface area contributed by atoms with E-state index in [1.165, 1.54) is 0 Å². The first-order valence-corrected chi connectivity index (χ1v) is 6.46. The van der Waals surface area contributed by atoms with Gasteiger partial charge in [-0.2, -0.15) is 0 Å². The minimum Gasteiger partial charge on any atom is -0.490 e. The summed E-state index contributed by atoms with van der Waals surface area (Å²) in [6, 6.07) is 5.29. The molecule has 0 aliphatic rings. The molecule has 18 heavy (non-hydrogen) atoms. The number of benzene rings is 1. The first-order chi connectivity index (χ1) is 8.69. The minimum atomic E-state index is 0.0203. The van der Waals surface area contributed by atoms with Crippen LogP contribution in [0.4, 0.5) is 0 Å². The fraction of sp³-hybridized carbons (Fsp3) is 0.417. The summed E-state index contributed by atoms with van der Waals surface area (Å²) in [5, 5.41) is 11.7. The van der Waals surface area contributed by atoms with Crippen molar-refractivity contribution in [2.24, 2.45) is 10.9 Å². The molecule has 0 atom stereocenters. The Kier molecular flexibility index (Phi) is 6.53. The first-order valence-electron chi connectivity index (χ1n) is 5.67. The van der Waals surface area contributed by atoms with Crippen LogP contribution in [0.5, 0.6) is 5.75 Å². The third-order valence-electron chi connectivity index (χ3n) is 2.16. The van der Waals surface area contributed by atoms with Gasteiger partial charge in [-0.15, -0.1) is 0 Å². The highest BCUT2D eigenvalue weighted by atomic mass is 79.9. The summed E-state index contributed by atoms with van der Waals surface area (Å²) in [7, 11) is 0. The van der Waals surface area contributed by atoms with E-state index in [2.05, 4.69) is 21.1 Å². The van der Waals surface area contributed by atoms with Crippen LogP contribution >= 0.6 is 15.9 Å². The van der Waals surface area contributed by atoms with Gasteiger partial charge in [0.05, 0.1) is 12.2 Å². The quantitative estimate of drug-likeness (QED) is 0.266. The van der Waals surface area contributed by atoms with E-state index in [0.717, 1.165) is 17.5 Å². The zero-order chi connectivity index (χ0) is 13.4. The van der Waals surface area contributed by atoms with Crippen LogP contribution in [-0.2, 0) is 4.74 Å². The van der Waals surface area contributed by atoms with Gasteiger partial charge in [-0.3, -0.25) is 0 Å². The highest BCUT2D eigenvalue weighted by molar-refractivity contribution is 9.10. The van der Waals surface area contributed by atoms with Crippen molar-refractivity contribution in [3.05, 3.63) is 28.2 Å². The van der Waals surface area contributed by atoms with E-state index in [0.29, 0.717) is 24.5 Å². The number of halogens is 1. The van der Waals surface area contributed by atoms with Gasteiger partial charge in [-0.1, -0.05) is 28.0 Å². The molecule has 1 aromatic rings. The van der Waals surface area contributed by atoms with Crippen LogP contribution < -0.4 is 10.5 Å². The van der Waals surface area contributed by atoms with E-state index in [4.69, 9.17) is 20.4 Å². The maximum absolute atomic E-state index is 8.69. The molecule has 0 spiro atoms. The number of oxime groups is 1. The van der Waals surface area contributed by atoms with Gasteiger partial charge in [0.25, 0.3) is 0 Å². The number of hydrogen-bond donors (Lipinski definition) is 2. The second-order valence-corrected chi connectivity index (χ2v) is 4.50. The molecule has 1 aromatic carbocycles. The predicted molar refractivity (Wildman–Crippen MR) is 73.3 cm³/mol. The molecular formula is C12H17BrN2O3. The highest BCUT2D eigenvalue weighted by Gasteiger charge is 2.09. The Bertz CT molecular complexity index is 410. The molecule has 6 heteroatoms. The third-order valence-corrected chi connectivity index (χ3v) is 2.65. The van der Waals surface area contributed by atoms with Gasteiger partial charge in [0.15, 0.2) is 5.84 Å². The maximum atomic E-state index is 8.69. The summed E-state index contributed by atoms with van der Waals surface area (Å²) in [5.74, 6) is 0.576. The fourth-order valence-corrected chi connectivity index (χ4v) is 1.68. The normalized spacial score (nSPS) is 11.6. The monoisotopic (exact) mass is 316 g/mol. The van der Waals surface area contributed by atoms with Gasteiger partial charge in [0, 0.05) is 11.1 Å². The Morgan fingerprint density at radius 1 is 1.39 bits per heavy atom. The van der Waals surface area contributed by atoms with Crippen molar-refractivity contribution in [3.63, 3.8) is 0 Å². The fourth-order valence-electron chi connectivity index (χ4n) is 1.34. The molecule has 0 heterocycles. The molecule has 0 amide bonds. The van der Waals surface area contributed by atoms with Crippen LogP contribution in [0, 0.1) is 0 Å². The molecule has 0 fully saturated rings. The molecule has 0 saturated heterocycles. The lowest BCUT2D eigenvalue weighted by molar-refractivity contribution is 0.100. The molecule has 0 aromatic heterocycles. The van der Waals surface area contributed by atoms with Crippen LogP contribution in [0.2, 0.25) is 0 Å². The van der Waals surface area contributed by atoms with Crippen molar-refractivity contribution in [1.29, 1.82) is 0 Å². The van der Waals surface area contributed by atoms with Crippen LogP contribution in [0.3, 0.4) is 0 Å². The smallest absolute Gasteiger partial charge is 0.173 e.